The minimum absolute atomic E-state index is 0.0812. The molecule has 4 nitrogen and oxygen atoms in total. The number of aliphatic hydroxyl groups excluding tert-OH is 1. The SMILES string of the molecule is CN(CCCCC(C)(N)CO)CCN1CCCC1. The first kappa shape index (κ1) is 15.9. The summed E-state index contributed by atoms with van der Waals surface area (Å²) in [4.78, 5) is 4.96. The van der Waals surface area contributed by atoms with Gasteiger partial charge in [0.1, 0.15) is 0 Å². The van der Waals surface area contributed by atoms with E-state index >= 15 is 0 Å². The average molecular weight is 257 g/mol. The maximum atomic E-state index is 9.07. The van der Waals surface area contributed by atoms with E-state index in [-0.39, 0.29) is 6.61 Å². The van der Waals surface area contributed by atoms with Crippen LogP contribution in [0.1, 0.15) is 39.0 Å². The highest BCUT2D eigenvalue weighted by atomic mass is 16.3. The van der Waals surface area contributed by atoms with Gasteiger partial charge in [-0.15, -0.1) is 0 Å². The van der Waals surface area contributed by atoms with E-state index in [9.17, 15) is 0 Å². The summed E-state index contributed by atoms with van der Waals surface area (Å²) in [7, 11) is 2.20. The number of nitrogens with zero attached hydrogens (tertiary/aromatic N) is 2. The van der Waals surface area contributed by atoms with E-state index in [0.29, 0.717) is 0 Å². The second kappa shape index (κ2) is 8.10. The highest BCUT2D eigenvalue weighted by Gasteiger charge is 2.16. The van der Waals surface area contributed by atoms with Crippen LogP contribution in [0.3, 0.4) is 0 Å². The summed E-state index contributed by atoms with van der Waals surface area (Å²) in [6.07, 6.45) is 5.92. The number of hydrogen-bond donors (Lipinski definition) is 2. The molecule has 1 rings (SSSR count). The van der Waals surface area contributed by atoms with Crippen molar-refractivity contribution < 1.29 is 5.11 Å². The van der Waals surface area contributed by atoms with E-state index in [4.69, 9.17) is 10.8 Å². The average Bonchev–Trinajstić information content (AvgIpc) is 2.85. The van der Waals surface area contributed by atoms with Gasteiger partial charge in [0.2, 0.25) is 0 Å². The molecule has 1 aliphatic heterocycles. The topological polar surface area (TPSA) is 52.7 Å². The van der Waals surface area contributed by atoms with Gasteiger partial charge in [-0.25, -0.2) is 0 Å². The van der Waals surface area contributed by atoms with E-state index in [0.717, 1.165) is 19.4 Å². The van der Waals surface area contributed by atoms with Crippen molar-refractivity contribution in [1.29, 1.82) is 0 Å². The molecule has 1 unspecified atom stereocenters. The molecule has 0 bridgehead atoms. The zero-order valence-corrected chi connectivity index (χ0v) is 12.2. The summed E-state index contributed by atoms with van der Waals surface area (Å²) >= 11 is 0. The molecule has 0 aromatic rings. The van der Waals surface area contributed by atoms with Crippen molar-refractivity contribution in [3.63, 3.8) is 0 Å². The first-order valence-electron chi connectivity index (χ1n) is 7.34. The molecule has 0 aliphatic carbocycles. The number of likely N-dealkylation sites (tertiary alicyclic amines) is 1. The Morgan fingerprint density at radius 3 is 2.50 bits per heavy atom. The third kappa shape index (κ3) is 6.69. The molecular formula is C14H31N3O. The van der Waals surface area contributed by atoms with Crippen LogP contribution >= 0.6 is 0 Å². The first-order chi connectivity index (χ1) is 8.53. The van der Waals surface area contributed by atoms with Crippen molar-refractivity contribution in [3.8, 4) is 0 Å². The summed E-state index contributed by atoms with van der Waals surface area (Å²) in [5.41, 5.74) is 5.51. The monoisotopic (exact) mass is 257 g/mol. The van der Waals surface area contributed by atoms with Crippen molar-refractivity contribution in [1.82, 2.24) is 9.80 Å². The molecule has 0 saturated carbocycles. The minimum Gasteiger partial charge on any atom is -0.394 e. The maximum Gasteiger partial charge on any atom is 0.0608 e. The second-order valence-corrected chi connectivity index (χ2v) is 6.12. The number of hydrogen-bond acceptors (Lipinski definition) is 4. The maximum absolute atomic E-state index is 9.07. The fraction of sp³-hybridized carbons (Fsp3) is 1.00. The molecule has 0 spiro atoms. The molecule has 1 heterocycles. The number of aliphatic hydroxyl groups is 1. The van der Waals surface area contributed by atoms with Gasteiger partial charge in [-0.3, -0.25) is 0 Å². The fourth-order valence-corrected chi connectivity index (χ4v) is 2.42. The molecular weight excluding hydrogens is 226 g/mol. The molecule has 0 amide bonds. The highest BCUT2D eigenvalue weighted by Crippen LogP contribution is 2.10. The lowest BCUT2D eigenvalue weighted by Crippen LogP contribution is -2.40. The molecule has 4 heteroatoms. The largest absolute Gasteiger partial charge is 0.394 e. The number of rotatable bonds is 9. The molecule has 1 aliphatic rings. The van der Waals surface area contributed by atoms with Gasteiger partial charge in [-0.2, -0.15) is 0 Å². The van der Waals surface area contributed by atoms with Crippen LogP contribution in [0.4, 0.5) is 0 Å². The number of unbranched alkanes of at least 4 members (excludes halogenated alkanes) is 1. The van der Waals surface area contributed by atoms with E-state index in [2.05, 4.69) is 16.8 Å². The molecule has 1 saturated heterocycles. The van der Waals surface area contributed by atoms with E-state index in [1.807, 2.05) is 6.92 Å². The molecule has 1 atom stereocenters. The van der Waals surface area contributed by atoms with Gasteiger partial charge in [0.15, 0.2) is 0 Å². The van der Waals surface area contributed by atoms with Crippen LogP contribution in [0.5, 0.6) is 0 Å². The Morgan fingerprint density at radius 1 is 1.22 bits per heavy atom. The molecule has 108 valence electrons. The van der Waals surface area contributed by atoms with Gasteiger partial charge < -0.3 is 20.6 Å². The van der Waals surface area contributed by atoms with Crippen LogP contribution in [0, 0.1) is 0 Å². The molecule has 0 aromatic carbocycles. The molecule has 3 N–H and O–H groups in total. The predicted octanol–water partition coefficient (Wildman–Crippen LogP) is 0.894. The number of likely N-dealkylation sites (N-methyl/N-ethyl adjacent to an activating group) is 1. The van der Waals surface area contributed by atoms with Gasteiger partial charge >= 0.3 is 0 Å². The van der Waals surface area contributed by atoms with Crippen molar-refractivity contribution in [2.45, 2.75) is 44.6 Å². The zero-order chi connectivity index (χ0) is 13.4. The van der Waals surface area contributed by atoms with E-state index in [1.165, 1.54) is 45.4 Å². The zero-order valence-electron chi connectivity index (χ0n) is 12.2. The molecule has 18 heavy (non-hydrogen) atoms. The smallest absolute Gasteiger partial charge is 0.0608 e. The third-order valence-electron chi connectivity index (χ3n) is 3.90. The first-order valence-corrected chi connectivity index (χ1v) is 7.34. The summed E-state index contributed by atoms with van der Waals surface area (Å²) in [5, 5.41) is 9.07. The van der Waals surface area contributed by atoms with Gasteiger partial charge in [0.25, 0.3) is 0 Å². The van der Waals surface area contributed by atoms with Crippen LogP contribution in [-0.4, -0.2) is 66.8 Å². The fourth-order valence-electron chi connectivity index (χ4n) is 2.42. The third-order valence-corrected chi connectivity index (χ3v) is 3.90. The van der Waals surface area contributed by atoms with Gasteiger partial charge in [0.05, 0.1) is 6.61 Å². The summed E-state index contributed by atoms with van der Waals surface area (Å²) in [6.45, 7) is 8.09. The Morgan fingerprint density at radius 2 is 1.89 bits per heavy atom. The lowest BCUT2D eigenvalue weighted by Gasteiger charge is -2.23. The predicted molar refractivity (Wildman–Crippen MR) is 76.7 cm³/mol. The normalized spacial score (nSPS) is 20.5. The number of nitrogens with two attached hydrogens (primary N) is 1. The second-order valence-electron chi connectivity index (χ2n) is 6.12. The lowest BCUT2D eigenvalue weighted by molar-refractivity contribution is 0.194. The Bertz CT molecular complexity index is 215. The Hall–Kier alpha value is -0.160. The van der Waals surface area contributed by atoms with E-state index in [1.54, 1.807) is 0 Å². The van der Waals surface area contributed by atoms with Crippen molar-refractivity contribution in [2.24, 2.45) is 5.73 Å². The van der Waals surface area contributed by atoms with Crippen LogP contribution in [-0.2, 0) is 0 Å². The van der Waals surface area contributed by atoms with Crippen molar-refractivity contribution >= 4 is 0 Å². The molecule has 1 fully saturated rings. The van der Waals surface area contributed by atoms with E-state index < -0.39 is 5.54 Å². The summed E-state index contributed by atoms with van der Waals surface area (Å²) < 4.78 is 0. The van der Waals surface area contributed by atoms with Crippen LogP contribution < -0.4 is 5.73 Å². The standard InChI is InChI=1S/C14H31N3O/c1-14(15,13-18)7-3-4-8-16(2)11-12-17-9-5-6-10-17/h18H,3-13,15H2,1-2H3. The van der Waals surface area contributed by atoms with Crippen molar-refractivity contribution in [2.75, 3.05) is 46.4 Å². The van der Waals surface area contributed by atoms with Crippen LogP contribution in [0.25, 0.3) is 0 Å². The molecule has 0 radical (unpaired) electrons. The van der Waals surface area contributed by atoms with Crippen LogP contribution in [0.15, 0.2) is 0 Å². The van der Waals surface area contributed by atoms with Gasteiger partial charge in [-0.1, -0.05) is 6.42 Å². The van der Waals surface area contributed by atoms with Gasteiger partial charge in [-0.05, 0) is 59.3 Å². The Labute approximate surface area is 112 Å². The lowest BCUT2D eigenvalue weighted by atomic mass is 9.97. The molecule has 0 aromatic heterocycles. The Balaban J connectivity index is 1.97. The highest BCUT2D eigenvalue weighted by molar-refractivity contribution is 4.77. The van der Waals surface area contributed by atoms with Crippen LogP contribution in [0.2, 0.25) is 0 Å². The Kier molecular flexibility index (Phi) is 7.15. The quantitative estimate of drug-likeness (QED) is 0.603. The summed E-state index contributed by atoms with van der Waals surface area (Å²) in [5.74, 6) is 0. The van der Waals surface area contributed by atoms with Crippen molar-refractivity contribution in [3.05, 3.63) is 0 Å². The van der Waals surface area contributed by atoms with Gasteiger partial charge in [0, 0.05) is 18.6 Å². The minimum atomic E-state index is -0.395. The summed E-state index contributed by atoms with van der Waals surface area (Å²) in [6, 6.07) is 0.